The molecule has 0 N–H and O–H groups in total. The van der Waals surface area contributed by atoms with Crippen LogP contribution in [0, 0.1) is 5.92 Å². The first kappa shape index (κ1) is 9.47. The Kier molecular flexibility index (Phi) is 2.69. The maximum Gasteiger partial charge on any atom is 0.0687 e. The third kappa shape index (κ3) is 1.88. The van der Waals surface area contributed by atoms with Crippen LogP contribution < -0.4 is 0 Å². The van der Waals surface area contributed by atoms with Gasteiger partial charge in [-0.2, -0.15) is 0 Å². The first-order valence-electron chi connectivity index (χ1n) is 5.14. The molecule has 1 aromatic rings. The molecule has 1 fully saturated rings. The maximum absolute atomic E-state index is 5.58. The molecule has 0 radical (unpaired) electrons. The predicted molar refractivity (Wildman–Crippen MR) is 59.0 cm³/mol. The molecule has 2 rings (SSSR count). The maximum atomic E-state index is 5.58. The molecule has 1 aliphatic rings. The topological polar surface area (TPSA) is 9.23 Å². The lowest BCUT2D eigenvalue weighted by Gasteiger charge is -2.07. The molecule has 1 aromatic carbocycles. The molecule has 0 amide bonds. The van der Waals surface area contributed by atoms with Crippen LogP contribution in [0.3, 0.4) is 0 Å². The summed E-state index contributed by atoms with van der Waals surface area (Å²) in [7, 11) is 0. The minimum absolute atomic E-state index is 0.366. The van der Waals surface area contributed by atoms with Crippen LogP contribution in [0.25, 0.3) is 6.08 Å². The van der Waals surface area contributed by atoms with Crippen LogP contribution in [0.2, 0.25) is 0 Å². The summed E-state index contributed by atoms with van der Waals surface area (Å²) < 4.78 is 5.58. The lowest BCUT2D eigenvalue weighted by atomic mass is 9.98. The molecule has 1 heteroatoms. The van der Waals surface area contributed by atoms with Gasteiger partial charge in [0, 0.05) is 5.92 Å². The fraction of sp³-hybridized carbons (Fsp3) is 0.385. The predicted octanol–water partition coefficient (Wildman–Crippen LogP) is 3.12. The number of rotatable bonds is 1. The molecule has 0 unspecified atom stereocenters. The Morgan fingerprint density at radius 2 is 1.93 bits per heavy atom. The highest BCUT2D eigenvalue weighted by Crippen LogP contribution is 2.27. The van der Waals surface area contributed by atoms with Crippen molar-refractivity contribution in [3.63, 3.8) is 0 Å². The highest BCUT2D eigenvalue weighted by molar-refractivity contribution is 5.54. The molecule has 0 spiro atoms. The fourth-order valence-corrected chi connectivity index (χ4v) is 1.74. The summed E-state index contributed by atoms with van der Waals surface area (Å²) in [6.07, 6.45) is 2.61. The number of hydrogen-bond donors (Lipinski definition) is 0. The molecular weight excluding hydrogens is 172 g/mol. The monoisotopic (exact) mass is 188 g/mol. The third-order valence-corrected chi connectivity index (χ3v) is 2.95. The first-order chi connectivity index (χ1) is 6.77. The van der Waals surface area contributed by atoms with Crippen molar-refractivity contribution >= 4 is 6.08 Å². The molecule has 1 aliphatic heterocycles. The molecule has 1 heterocycles. The summed E-state index contributed by atoms with van der Waals surface area (Å²) in [4.78, 5) is 0. The van der Waals surface area contributed by atoms with E-state index in [1.165, 1.54) is 11.1 Å². The SMILES string of the molecule is C[C@@H]1/C(=C/c2ccccc2)CO[C@@H]1C. The van der Waals surface area contributed by atoms with E-state index < -0.39 is 0 Å². The minimum Gasteiger partial charge on any atom is -0.374 e. The number of ether oxygens (including phenoxy) is 1. The van der Waals surface area contributed by atoms with E-state index in [0.29, 0.717) is 12.0 Å². The summed E-state index contributed by atoms with van der Waals surface area (Å²) in [5, 5.41) is 0. The molecule has 0 aromatic heterocycles. The Balaban J connectivity index is 2.20. The second kappa shape index (κ2) is 3.97. The second-order valence-corrected chi connectivity index (χ2v) is 3.93. The van der Waals surface area contributed by atoms with Crippen molar-refractivity contribution in [2.24, 2.45) is 5.92 Å². The average molecular weight is 188 g/mol. The number of benzene rings is 1. The summed E-state index contributed by atoms with van der Waals surface area (Å²) >= 11 is 0. The van der Waals surface area contributed by atoms with Gasteiger partial charge in [-0.15, -0.1) is 0 Å². The highest BCUT2D eigenvalue weighted by atomic mass is 16.5. The standard InChI is InChI=1S/C13H16O/c1-10-11(2)14-9-13(10)8-12-6-4-3-5-7-12/h3-8,10-11H,9H2,1-2H3/b13-8+/t10-,11+/m0/s1. The van der Waals surface area contributed by atoms with Crippen LogP contribution >= 0.6 is 0 Å². The zero-order valence-electron chi connectivity index (χ0n) is 8.73. The van der Waals surface area contributed by atoms with Gasteiger partial charge in [-0.05, 0) is 18.1 Å². The van der Waals surface area contributed by atoms with Gasteiger partial charge in [-0.25, -0.2) is 0 Å². The van der Waals surface area contributed by atoms with Gasteiger partial charge in [0.25, 0.3) is 0 Å². The van der Waals surface area contributed by atoms with Crippen LogP contribution in [0.15, 0.2) is 35.9 Å². The molecule has 0 bridgehead atoms. The smallest absolute Gasteiger partial charge is 0.0687 e. The van der Waals surface area contributed by atoms with Crippen molar-refractivity contribution < 1.29 is 4.74 Å². The normalized spacial score (nSPS) is 29.7. The Morgan fingerprint density at radius 3 is 2.50 bits per heavy atom. The molecule has 1 nitrogen and oxygen atoms in total. The van der Waals surface area contributed by atoms with Crippen LogP contribution in [0.5, 0.6) is 0 Å². The Hall–Kier alpha value is -1.08. The van der Waals surface area contributed by atoms with Crippen molar-refractivity contribution in [3.05, 3.63) is 41.5 Å². The lowest BCUT2D eigenvalue weighted by Crippen LogP contribution is -2.07. The Bertz CT molecular complexity index is 326. The summed E-state index contributed by atoms with van der Waals surface area (Å²) in [5.41, 5.74) is 2.68. The van der Waals surface area contributed by atoms with E-state index in [4.69, 9.17) is 4.74 Å². The van der Waals surface area contributed by atoms with Crippen LogP contribution in [0.1, 0.15) is 19.4 Å². The van der Waals surface area contributed by atoms with Gasteiger partial charge >= 0.3 is 0 Å². The van der Waals surface area contributed by atoms with E-state index in [1.807, 2.05) is 6.07 Å². The number of hydrogen-bond acceptors (Lipinski definition) is 1. The Labute approximate surface area is 85.4 Å². The average Bonchev–Trinajstić information content (AvgIpc) is 2.52. The summed E-state index contributed by atoms with van der Waals surface area (Å²) in [6, 6.07) is 10.4. The van der Waals surface area contributed by atoms with Gasteiger partial charge in [0.2, 0.25) is 0 Å². The van der Waals surface area contributed by atoms with Gasteiger partial charge in [0.05, 0.1) is 12.7 Å². The van der Waals surface area contributed by atoms with E-state index >= 15 is 0 Å². The first-order valence-corrected chi connectivity index (χ1v) is 5.14. The van der Waals surface area contributed by atoms with Crippen molar-refractivity contribution in [3.8, 4) is 0 Å². The molecule has 1 saturated heterocycles. The highest BCUT2D eigenvalue weighted by Gasteiger charge is 2.24. The van der Waals surface area contributed by atoms with Crippen LogP contribution in [-0.4, -0.2) is 12.7 Å². The van der Waals surface area contributed by atoms with Gasteiger partial charge < -0.3 is 4.74 Å². The quantitative estimate of drug-likeness (QED) is 0.658. The van der Waals surface area contributed by atoms with Crippen LogP contribution in [0.4, 0.5) is 0 Å². The van der Waals surface area contributed by atoms with E-state index in [-0.39, 0.29) is 0 Å². The third-order valence-electron chi connectivity index (χ3n) is 2.95. The summed E-state index contributed by atoms with van der Waals surface area (Å²) in [6.45, 7) is 5.15. The molecule has 74 valence electrons. The van der Waals surface area contributed by atoms with Crippen LogP contribution in [-0.2, 0) is 4.74 Å². The van der Waals surface area contributed by atoms with Crippen molar-refractivity contribution in [2.45, 2.75) is 20.0 Å². The largest absolute Gasteiger partial charge is 0.374 e. The molecule has 2 atom stereocenters. The van der Waals surface area contributed by atoms with Gasteiger partial charge in [-0.3, -0.25) is 0 Å². The molecule has 14 heavy (non-hydrogen) atoms. The lowest BCUT2D eigenvalue weighted by molar-refractivity contribution is 0.110. The van der Waals surface area contributed by atoms with E-state index in [1.54, 1.807) is 0 Å². The zero-order valence-corrected chi connectivity index (χ0v) is 8.73. The molecule has 0 saturated carbocycles. The second-order valence-electron chi connectivity index (χ2n) is 3.93. The van der Waals surface area contributed by atoms with Gasteiger partial charge in [0.1, 0.15) is 0 Å². The summed E-state index contributed by atoms with van der Waals surface area (Å²) in [5.74, 6) is 0.551. The van der Waals surface area contributed by atoms with Gasteiger partial charge in [0.15, 0.2) is 0 Å². The van der Waals surface area contributed by atoms with Crippen molar-refractivity contribution in [1.29, 1.82) is 0 Å². The fourth-order valence-electron chi connectivity index (χ4n) is 1.74. The van der Waals surface area contributed by atoms with E-state index in [2.05, 4.69) is 44.2 Å². The van der Waals surface area contributed by atoms with Crippen molar-refractivity contribution in [1.82, 2.24) is 0 Å². The zero-order chi connectivity index (χ0) is 9.97. The molecule has 0 aliphatic carbocycles. The van der Waals surface area contributed by atoms with Gasteiger partial charge in [-0.1, -0.05) is 43.3 Å². The van der Waals surface area contributed by atoms with E-state index in [9.17, 15) is 0 Å². The minimum atomic E-state index is 0.366. The molecular formula is C13H16O. The Morgan fingerprint density at radius 1 is 1.21 bits per heavy atom. The van der Waals surface area contributed by atoms with Crippen molar-refractivity contribution in [2.75, 3.05) is 6.61 Å². The van der Waals surface area contributed by atoms with E-state index in [0.717, 1.165) is 6.61 Å².